The van der Waals surface area contributed by atoms with Gasteiger partial charge in [0.15, 0.2) is 0 Å². The summed E-state index contributed by atoms with van der Waals surface area (Å²) < 4.78 is 0. The van der Waals surface area contributed by atoms with Crippen molar-refractivity contribution in [3.8, 4) is 0 Å². The van der Waals surface area contributed by atoms with E-state index in [0.717, 1.165) is 45.2 Å². The van der Waals surface area contributed by atoms with Gasteiger partial charge in [0.1, 0.15) is 0 Å². The zero-order valence-electron chi connectivity index (χ0n) is 21.2. The number of hydrogen-bond donors (Lipinski definition) is 0. The SMILES string of the molecule is CC(C)(C)C1CCC(c2ccccc2N2CCN(CC(=O)N3CCCCCC3)CC2)CC1.Cl. The van der Waals surface area contributed by atoms with E-state index in [0.29, 0.717) is 23.8 Å². The van der Waals surface area contributed by atoms with Crippen LogP contribution in [-0.4, -0.2) is 61.5 Å². The molecule has 2 heterocycles. The topological polar surface area (TPSA) is 26.8 Å². The number of rotatable bonds is 4. The second kappa shape index (κ2) is 11.9. The number of carbonyl (C=O) groups excluding carboxylic acids is 1. The first-order chi connectivity index (χ1) is 15.4. The van der Waals surface area contributed by atoms with E-state index in [-0.39, 0.29) is 12.4 Å². The van der Waals surface area contributed by atoms with Gasteiger partial charge < -0.3 is 9.80 Å². The third kappa shape index (κ3) is 6.88. The Labute approximate surface area is 208 Å². The minimum atomic E-state index is 0. The lowest BCUT2D eigenvalue weighted by Gasteiger charge is -2.40. The molecule has 0 radical (unpaired) electrons. The maximum atomic E-state index is 12.8. The molecule has 0 aromatic heterocycles. The molecule has 0 N–H and O–H groups in total. The maximum absolute atomic E-state index is 12.8. The van der Waals surface area contributed by atoms with Gasteiger partial charge in [-0.15, -0.1) is 12.4 Å². The van der Waals surface area contributed by atoms with Crippen LogP contribution in [0.1, 0.15) is 83.6 Å². The minimum Gasteiger partial charge on any atom is -0.369 e. The number of carbonyl (C=O) groups is 1. The van der Waals surface area contributed by atoms with Gasteiger partial charge in [-0.2, -0.15) is 0 Å². The minimum absolute atomic E-state index is 0. The van der Waals surface area contributed by atoms with Crippen molar-refractivity contribution < 1.29 is 4.79 Å². The zero-order valence-corrected chi connectivity index (χ0v) is 22.0. The molecule has 0 atom stereocenters. The first-order valence-corrected chi connectivity index (χ1v) is 13.3. The van der Waals surface area contributed by atoms with E-state index in [1.165, 1.54) is 57.1 Å². The molecular formula is C28H46ClN3O. The first-order valence-electron chi connectivity index (χ1n) is 13.3. The second-order valence-corrected chi connectivity index (χ2v) is 11.5. The van der Waals surface area contributed by atoms with Crippen LogP contribution in [0.3, 0.4) is 0 Å². The molecule has 1 aromatic rings. The highest BCUT2D eigenvalue weighted by molar-refractivity contribution is 5.85. The van der Waals surface area contributed by atoms with Crippen molar-refractivity contribution in [2.75, 3.05) is 50.7 Å². The Kier molecular flexibility index (Phi) is 9.52. The molecule has 0 unspecified atom stereocenters. The van der Waals surface area contributed by atoms with Gasteiger partial charge in [0.05, 0.1) is 6.54 Å². The highest BCUT2D eigenvalue weighted by Gasteiger charge is 2.32. The van der Waals surface area contributed by atoms with E-state index in [9.17, 15) is 4.79 Å². The molecule has 186 valence electrons. The summed E-state index contributed by atoms with van der Waals surface area (Å²) in [6, 6.07) is 9.15. The Morgan fingerprint density at radius 1 is 0.848 bits per heavy atom. The number of hydrogen-bond acceptors (Lipinski definition) is 3. The molecule has 5 heteroatoms. The van der Waals surface area contributed by atoms with Gasteiger partial charge in [0.2, 0.25) is 5.91 Å². The highest BCUT2D eigenvalue weighted by atomic mass is 35.5. The molecule has 1 aliphatic carbocycles. The summed E-state index contributed by atoms with van der Waals surface area (Å²) in [7, 11) is 0. The van der Waals surface area contributed by atoms with E-state index in [1.54, 1.807) is 5.56 Å². The van der Waals surface area contributed by atoms with E-state index < -0.39 is 0 Å². The van der Waals surface area contributed by atoms with Gasteiger partial charge in [-0.1, -0.05) is 51.8 Å². The van der Waals surface area contributed by atoms with Crippen LogP contribution in [0.25, 0.3) is 0 Å². The van der Waals surface area contributed by atoms with Crippen LogP contribution in [0.15, 0.2) is 24.3 Å². The Hall–Kier alpha value is -1.26. The fourth-order valence-corrected chi connectivity index (χ4v) is 6.15. The fourth-order valence-electron chi connectivity index (χ4n) is 6.15. The average Bonchev–Trinajstić information content (AvgIpc) is 3.09. The van der Waals surface area contributed by atoms with Crippen LogP contribution in [0.4, 0.5) is 5.69 Å². The third-order valence-corrected chi connectivity index (χ3v) is 8.36. The predicted molar refractivity (Wildman–Crippen MR) is 142 cm³/mol. The molecule has 3 fully saturated rings. The standard InChI is InChI=1S/C28H45N3O.ClH/c1-28(2,3)24-14-12-23(13-15-24)25-10-6-7-11-26(25)30-20-18-29(19-21-30)22-27(32)31-16-8-4-5-9-17-31;/h6-7,10-11,23-24H,4-5,8-9,12-22H2,1-3H3;1H. The smallest absolute Gasteiger partial charge is 0.236 e. The quantitative estimate of drug-likeness (QED) is 0.538. The molecule has 1 amide bonds. The molecular weight excluding hydrogens is 430 g/mol. The molecule has 0 bridgehead atoms. The van der Waals surface area contributed by atoms with Crippen molar-refractivity contribution in [1.82, 2.24) is 9.80 Å². The Bertz CT molecular complexity index is 738. The van der Waals surface area contributed by atoms with Crippen LogP contribution in [0, 0.1) is 11.3 Å². The number of nitrogens with zero attached hydrogens (tertiary/aromatic N) is 3. The summed E-state index contributed by atoms with van der Waals surface area (Å²) in [4.78, 5) is 19.9. The van der Waals surface area contributed by atoms with Crippen molar-refractivity contribution >= 4 is 24.0 Å². The molecule has 2 aliphatic heterocycles. The summed E-state index contributed by atoms with van der Waals surface area (Å²) in [6.07, 6.45) is 10.3. The third-order valence-electron chi connectivity index (χ3n) is 8.36. The van der Waals surface area contributed by atoms with Crippen molar-refractivity contribution in [1.29, 1.82) is 0 Å². The van der Waals surface area contributed by atoms with Gasteiger partial charge in [0, 0.05) is 45.0 Å². The number of halogens is 1. The van der Waals surface area contributed by atoms with Crippen molar-refractivity contribution in [2.24, 2.45) is 11.3 Å². The van der Waals surface area contributed by atoms with Crippen LogP contribution >= 0.6 is 12.4 Å². The van der Waals surface area contributed by atoms with Crippen LogP contribution in [0.2, 0.25) is 0 Å². The molecule has 0 spiro atoms. The average molecular weight is 476 g/mol. The lowest BCUT2D eigenvalue weighted by atomic mass is 9.68. The number of anilines is 1. The van der Waals surface area contributed by atoms with Gasteiger partial charge >= 0.3 is 0 Å². The normalized spacial score (nSPS) is 25.3. The summed E-state index contributed by atoms with van der Waals surface area (Å²) in [5, 5.41) is 0. The summed E-state index contributed by atoms with van der Waals surface area (Å²) in [5.41, 5.74) is 3.45. The zero-order chi connectivity index (χ0) is 22.6. The van der Waals surface area contributed by atoms with Gasteiger partial charge in [-0.05, 0) is 67.4 Å². The number of amides is 1. The lowest BCUT2D eigenvalue weighted by molar-refractivity contribution is -0.132. The summed E-state index contributed by atoms with van der Waals surface area (Å²) in [5.74, 6) is 1.90. The molecule has 4 nitrogen and oxygen atoms in total. The Morgan fingerprint density at radius 3 is 2.06 bits per heavy atom. The monoisotopic (exact) mass is 475 g/mol. The molecule has 4 rings (SSSR count). The summed E-state index contributed by atoms with van der Waals surface area (Å²) in [6.45, 7) is 13.8. The van der Waals surface area contributed by atoms with Gasteiger partial charge in [-0.3, -0.25) is 9.69 Å². The lowest BCUT2D eigenvalue weighted by Crippen LogP contribution is -2.50. The van der Waals surface area contributed by atoms with Crippen molar-refractivity contribution in [2.45, 2.75) is 78.1 Å². The predicted octanol–water partition coefficient (Wildman–Crippen LogP) is 5.95. The Balaban J connectivity index is 0.00000306. The molecule has 2 saturated heterocycles. The van der Waals surface area contributed by atoms with E-state index in [1.807, 2.05) is 0 Å². The fraction of sp³-hybridized carbons (Fsp3) is 0.750. The molecule has 3 aliphatic rings. The molecule has 33 heavy (non-hydrogen) atoms. The van der Waals surface area contributed by atoms with Gasteiger partial charge in [0.25, 0.3) is 0 Å². The number of benzene rings is 1. The van der Waals surface area contributed by atoms with Crippen LogP contribution in [0.5, 0.6) is 0 Å². The van der Waals surface area contributed by atoms with Crippen molar-refractivity contribution in [3.05, 3.63) is 29.8 Å². The molecule has 1 aromatic carbocycles. The van der Waals surface area contributed by atoms with E-state index in [4.69, 9.17) is 0 Å². The van der Waals surface area contributed by atoms with Gasteiger partial charge in [-0.25, -0.2) is 0 Å². The number of likely N-dealkylation sites (tertiary alicyclic amines) is 1. The Morgan fingerprint density at radius 2 is 1.45 bits per heavy atom. The first kappa shape index (κ1) is 26.3. The highest BCUT2D eigenvalue weighted by Crippen LogP contribution is 2.45. The maximum Gasteiger partial charge on any atom is 0.236 e. The second-order valence-electron chi connectivity index (χ2n) is 11.5. The van der Waals surface area contributed by atoms with E-state index >= 15 is 0 Å². The molecule has 1 saturated carbocycles. The number of para-hydroxylation sites is 1. The summed E-state index contributed by atoms with van der Waals surface area (Å²) >= 11 is 0. The van der Waals surface area contributed by atoms with Crippen molar-refractivity contribution in [3.63, 3.8) is 0 Å². The van der Waals surface area contributed by atoms with Crippen LogP contribution < -0.4 is 4.90 Å². The largest absolute Gasteiger partial charge is 0.369 e. The van der Waals surface area contributed by atoms with Crippen LogP contribution in [-0.2, 0) is 4.79 Å². The number of piperazine rings is 1. The van der Waals surface area contributed by atoms with E-state index in [2.05, 4.69) is 59.7 Å².